The van der Waals surface area contributed by atoms with Crippen LogP contribution in [-0.2, 0) is 19.1 Å². The van der Waals surface area contributed by atoms with Gasteiger partial charge in [0, 0.05) is 43.5 Å². The average Bonchev–Trinajstić information content (AvgIpc) is 3.17. The lowest BCUT2D eigenvalue weighted by Crippen LogP contribution is -2.53. The molecule has 0 aromatic heterocycles. The highest BCUT2D eigenvalue weighted by molar-refractivity contribution is 5.96. The first-order chi connectivity index (χ1) is 13.5. The van der Waals surface area contributed by atoms with Gasteiger partial charge in [0.15, 0.2) is 0 Å². The zero-order valence-corrected chi connectivity index (χ0v) is 16.8. The molecule has 2 N–H and O–H groups in total. The number of carbonyl (C=O) groups excluding carboxylic acids is 2. The van der Waals surface area contributed by atoms with Gasteiger partial charge in [0.1, 0.15) is 6.10 Å². The van der Waals surface area contributed by atoms with E-state index in [0.29, 0.717) is 17.8 Å². The number of methoxy groups -OCH3 is 1. The molecular weight excluding hydrogens is 358 g/mol. The van der Waals surface area contributed by atoms with Gasteiger partial charge in [-0.05, 0) is 38.0 Å². The van der Waals surface area contributed by atoms with Gasteiger partial charge >= 0.3 is 0 Å². The van der Waals surface area contributed by atoms with Crippen molar-refractivity contribution in [2.75, 3.05) is 44.0 Å². The van der Waals surface area contributed by atoms with Crippen LogP contribution in [0.2, 0.25) is 0 Å². The molecule has 7 heteroatoms. The fourth-order valence-corrected chi connectivity index (χ4v) is 4.21. The minimum absolute atomic E-state index is 0.0159. The lowest BCUT2D eigenvalue weighted by Gasteiger charge is -2.43. The van der Waals surface area contributed by atoms with Gasteiger partial charge in [0.05, 0.1) is 13.2 Å². The molecular formula is C21H31N3O4. The van der Waals surface area contributed by atoms with Crippen molar-refractivity contribution in [1.82, 2.24) is 4.90 Å². The predicted octanol–water partition coefficient (Wildman–Crippen LogP) is 2.63. The van der Waals surface area contributed by atoms with Gasteiger partial charge < -0.3 is 20.1 Å². The number of hydrogen-bond donors (Lipinski definition) is 2. The lowest BCUT2D eigenvalue weighted by atomic mass is 9.90. The number of nitrogens with zero attached hydrogens (tertiary/aromatic N) is 1. The van der Waals surface area contributed by atoms with Crippen LogP contribution < -0.4 is 10.6 Å². The molecule has 2 aliphatic rings. The fraction of sp³-hybridized carbons (Fsp3) is 0.619. The third-order valence-electron chi connectivity index (χ3n) is 5.84. The smallest absolute Gasteiger partial charge is 0.253 e. The molecule has 3 rings (SSSR count). The highest BCUT2D eigenvalue weighted by atomic mass is 16.5. The van der Waals surface area contributed by atoms with Crippen LogP contribution in [0.15, 0.2) is 24.3 Å². The Bertz CT molecular complexity index is 682. The van der Waals surface area contributed by atoms with Gasteiger partial charge in [-0.25, -0.2) is 0 Å². The molecule has 1 aliphatic carbocycles. The van der Waals surface area contributed by atoms with Gasteiger partial charge in [-0.2, -0.15) is 0 Å². The van der Waals surface area contributed by atoms with Gasteiger partial charge in [-0.15, -0.1) is 0 Å². The molecule has 1 aliphatic heterocycles. The summed E-state index contributed by atoms with van der Waals surface area (Å²) in [5.74, 6) is -0.203. The molecule has 1 atom stereocenters. The van der Waals surface area contributed by atoms with Crippen molar-refractivity contribution >= 4 is 23.2 Å². The van der Waals surface area contributed by atoms with Crippen molar-refractivity contribution in [3.63, 3.8) is 0 Å². The molecule has 2 amide bonds. The third kappa shape index (κ3) is 5.10. The maximum atomic E-state index is 12.8. The van der Waals surface area contributed by atoms with Gasteiger partial charge in [-0.1, -0.05) is 18.9 Å². The SMILES string of the molecule is COC(C)C(=O)Nc1cccc(NC(=O)CC2(N3CCOCC3)CCCC2)c1. The monoisotopic (exact) mass is 389 g/mol. The van der Waals surface area contributed by atoms with Gasteiger partial charge in [0.25, 0.3) is 5.91 Å². The van der Waals surface area contributed by atoms with Crippen molar-refractivity contribution in [3.05, 3.63) is 24.3 Å². The molecule has 1 saturated heterocycles. The predicted molar refractivity (Wildman–Crippen MR) is 108 cm³/mol. The number of morpholine rings is 1. The summed E-state index contributed by atoms with van der Waals surface area (Å²) in [5.41, 5.74) is 1.27. The summed E-state index contributed by atoms with van der Waals surface area (Å²) in [7, 11) is 1.49. The third-order valence-corrected chi connectivity index (χ3v) is 5.84. The van der Waals surface area contributed by atoms with E-state index in [4.69, 9.17) is 9.47 Å². The van der Waals surface area contributed by atoms with Crippen molar-refractivity contribution in [1.29, 1.82) is 0 Å². The van der Waals surface area contributed by atoms with Crippen LogP contribution in [0.4, 0.5) is 11.4 Å². The largest absolute Gasteiger partial charge is 0.379 e. The number of amides is 2. The van der Waals surface area contributed by atoms with E-state index in [2.05, 4.69) is 15.5 Å². The Morgan fingerprint density at radius 3 is 2.46 bits per heavy atom. The van der Waals surface area contributed by atoms with Crippen LogP contribution in [0.25, 0.3) is 0 Å². The quantitative estimate of drug-likeness (QED) is 0.749. The summed E-state index contributed by atoms with van der Waals surface area (Å²) >= 11 is 0. The molecule has 1 heterocycles. The van der Waals surface area contributed by atoms with E-state index in [9.17, 15) is 9.59 Å². The zero-order chi connectivity index (χ0) is 20.0. The average molecular weight is 389 g/mol. The lowest BCUT2D eigenvalue weighted by molar-refractivity contribution is -0.124. The first kappa shape index (κ1) is 20.8. The second-order valence-corrected chi connectivity index (χ2v) is 7.70. The summed E-state index contributed by atoms with van der Waals surface area (Å²) in [6.45, 7) is 4.96. The molecule has 1 aromatic carbocycles. The zero-order valence-electron chi connectivity index (χ0n) is 16.8. The molecule has 1 saturated carbocycles. The first-order valence-corrected chi connectivity index (χ1v) is 10.1. The van der Waals surface area contributed by atoms with Crippen LogP contribution in [0.1, 0.15) is 39.0 Å². The highest BCUT2D eigenvalue weighted by Gasteiger charge is 2.41. The van der Waals surface area contributed by atoms with Crippen LogP contribution in [0, 0.1) is 0 Å². The van der Waals surface area contributed by atoms with Crippen LogP contribution in [-0.4, -0.2) is 61.8 Å². The Kier molecular flexibility index (Phi) is 7.04. The summed E-state index contributed by atoms with van der Waals surface area (Å²) in [6.07, 6.45) is 4.42. The molecule has 2 fully saturated rings. The van der Waals surface area contributed by atoms with Crippen molar-refractivity contribution in [2.24, 2.45) is 0 Å². The van der Waals surface area contributed by atoms with Crippen LogP contribution in [0.5, 0.6) is 0 Å². The second-order valence-electron chi connectivity index (χ2n) is 7.70. The number of rotatable bonds is 7. The Morgan fingerprint density at radius 2 is 1.82 bits per heavy atom. The van der Waals surface area contributed by atoms with E-state index >= 15 is 0 Å². The van der Waals surface area contributed by atoms with E-state index in [1.54, 1.807) is 19.1 Å². The van der Waals surface area contributed by atoms with Gasteiger partial charge in [0.2, 0.25) is 5.91 Å². The summed E-state index contributed by atoms with van der Waals surface area (Å²) in [4.78, 5) is 27.3. The molecule has 154 valence electrons. The standard InChI is InChI=1S/C21H31N3O4/c1-16(27-2)20(26)23-18-7-5-6-17(14-18)22-19(25)15-21(8-3-4-9-21)24-10-12-28-13-11-24/h5-7,14,16H,3-4,8-13,15H2,1-2H3,(H,22,25)(H,23,26). The van der Waals surface area contributed by atoms with Gasteiger partial charge in [-0.3, -0.25) is 14.5 Å². The summed E-state index contributed by atoms with van der Waals surface area (Å²) in [5, 5.41) is 5.81. The maximum Gasteiger partial charge on any atom is 0.253 e. The Hall–Kier alpha value is -1.96. The molecule has 7 nitrogen and oxygen atoms in total. The highest BCUT2D eigenvalue weighted by Crippen LogP contribution is 2.38. The maximum absolute atomic E-state index is 12.8. The molecule has 1 aromatic rings. The number of hydrogen-bond acceptors (Lipinski definition) is 5. The van der Waals surface area contributed by atoms with E-state index in [0.717, 1.165) is 39.1 Å². The van der Waals surface area contributed by atoms with E-state index in [1.807, 2.05) is 12.1 Å². The first-order valence-electron chi connectivity index (χ1n) is 10.1. The molecule has 1 unspecified atom stereocenters. The van der Waals surface area contributed by atoms with E-state index in [-0.39, 0.29) is 17.4 Å². The number of anilines is 2. The van der Waals surface area contributed by atoms with Crippen LogP contribution in [0.3, 0.4) is 0 Å². The fourth-order valence-electron chi connectivity index (χ4n) is 4.21. The number of carbonyl (C=O) groups is 2. The minimum atomic E-state index is -0.533. The Morgan fingerprint density at radius 1 is 1.18 bits per heavy atom. The topological polar surface area (TPSA) is 79.9 Å². The minimum Gasteiger partial charge on any atom is -0.379 e. The Balaban J connectivity index is 1.62. The summed E-state index contributed by atoms with van der Waals surface area (Å²) < 4.78 is 10.5. The second kappa shape index (κ2) is 9.49. The molecule has 0 bridgehead atoms. The van der Waals surface area contributed by atoms with E-state index < -0.39 is 6.10 Å². The molecule has 28 heavy (non-hydrogen) atoms. The van der Waals surface area contributed by atoms with Crippen molar-refractivity contribution in [3.8, 4) is 0 Å². The number of ether oxygens (including phenoxy) is 2. The van der Waals surface area contributed by atoms with Crippen LogP contribution >= 0.6 is 0 Å². The number of benzene rings is 1. The van der Waals surface area contributed by atoms with Crippen molar-refractivity contribution < 1.29 is 19.1 Å². The van der Waals surface area contributed by atoms with Crippen molar-refractivity contribution in [2.45, 2.75) is 50.7 Å². The molecule has 0 radical (unpaired) electrons. The summed E-state index contributed by atoms with van der Waals surface area (Å²) in [6, 6.07) is 7.22. The van der Waals surface area contributed by atoms with E-state index in [1.165, 1.54) is 20.0 Å². The Labute approximate surface area is 166 Å². The normalized spacial score (nSPS) is 20.5. The number of nitrogens with one attached hydrogen (secondary N) is 2. The molecule has 0 spiro atoms.